The van der Waals surface area contributed by atoms with Crippen LogP contribution in [0.1, 0.15) is 45.4 Å². The molecule has 4 fully saturated rings. The first kappa shape index (κ1) is 19.4. The molecule has 6 nitrogen and oxygen atoms in total. The number of Topliss-reactive ketones (excluding diaryl/α,β-unsaturated/α-hetero) is 1. The number of hydrogen-bond donors (Lipinski definition) is 0. The molecule has 150 valence electrons. The third-order valence-electron chi connectivity index (χ3n) is 6.67. The van der Waals surface area contributed by atoms with Crippen LogP contribution >= 0.6 is 11.8 Å². The highest BCUT2D eigenvalue weighted by Gasteiger charge is 2.54. The van der Waals surface area contributed by atoms with Crippen LogP contribution in [0.3, 0.4) is 0 Å². The van der Waals surface area contributed by atoms with E-state index >= 15 is 0 Å². The molecule has 4 aliphatic rings. The van der Waals surface area contributed by atoms with Crippen molar-refractivity contribution < 1.29 is 19.2 Å². The molecule has 0 N–H and O–H groups in total. The number of non-ortho nitro benzene ring substituents is 1. The minimum absolute atomic E-state index is 0.0146. The van der Waals surface area contributed by atoms with Crippen LogP contribution in [0.25, 0.3) is 0 Å². The lowest BCUT2D eigenvalue weighted by molar-refractivity contribution is -0.384. The molecule has 1 aromatic rings. The Bertz CT molecular complexity index is 755. The van der Waals surface area contributed by atoms with Crippen LogP contribution in [0, 0.1) is 33.3 Å². The van der Waals surface area contributed by atoms with Gasteiger partial charge in [-0.15, -0.1) is 11.8 Å². The van der Waals surface area contributed by atoms with Gasteiger partial charge in [-0.1, -0.05) is 0 Å². The van der Waals surface area contributed by atoms with Gasteiger partial charge in [0.1, 0.15) is 5.25 Å². The van der Waals surface area contributed by atoms with Crippen LogP contribution in [0.4, 0.5) is 5.69 Å². The monoisotopic (exact) mass is 403 g/mol. The molecule has 4 aliphatic carbocycles. The summed E-state index contributed by atoms with van der Waals surface area (Å²) in [6.45, 7) is 1.60. The van der Waals surface area contributed by atoms with Gasteiger partial charge in [-0.25, -0.2) is 0 Å². The highest BCUT2D eigenvalue weighted by Crippen LogP contribution is 2.60. The van der Waals surface area contributed by atoms with Crippen molar-refractivity contribution in [1.82, 2.24) is 0 Å². The molecule has 0 aromatic heterocycles. The van der Waals surface area contributed by atoms with Crippen molar-refractivity contribution in [3.05, 3.63) is 34.4 Å². The quantitative estimate of drug-likeness (QED) is 0.290. The molecule has 0 radical (unpaired) electrons. The minimum Gasteiger partial charge on any atom is -0.457 e. The maximum atomic E-state index is 12.9. The zero-order valence-corrected chi connectivity index (χ0v) is 16.8. The first-order valence-corrected chi connectivity index (χ1v) is 10.8. The molecule has 7 heteroatoms. The number of thioether (sulfide) groups is 1. The van der Waals surface area contributed by atoms with E-state index in [9.17, 15) is 19.7 Å². The Morgan fingerprint density at radius 2 is 1.68 bits per heavy atom. The predicted octanol–water partition coefficient (Wildman–Crippen LogP) is 4.40. The lowest BCUT2D eigenvalue weighted by Gasteiger charge is -2.55. The smallest absolute Gasteiger partial charge is 0.319 e. The zero-order chi connectivity index (χ0) is 19.9. The molecule has 0 heterocycles. The van der Waals surface area contributed by atoms with Crippen molar-refractivity contribution in [1.29, 1.82) is 0 Å². The van der Waals surface area contributed by atoms with Gasteiger partial charge in [0, 0.05) is 22.4 Å². The second-order valence-corrected chi connectivity index (χ2v) is 10.2. The highest BCUT2D eigenvalue weighted by atomic mass is 32.2. The van der Waals surface area contributed by atoms with E-state index in [0.29, 0.717) is 17.8 Å². The third kappa shape index (κ3) is 3.81. The summed E-state index contributed by atoms with van der Waals surface area (Å²) in [5, 5.41) is 10.2. The van der Waals surface area contributed by atoms with E-state index in [0.717, 1.165) is 24.2 Å². The molecule has 0 unspecified atom stereocenters. The summed E-state index contributed by atoms with van der Waals surface area (Å²) in [5.74, 6) is 1.74. The van der Waals surface area contributed by atoms with Crippen LogP contribution < -0.4 is 0 Å². The summed E-state index contributed by atoms with van der Waals surface area (Å²) in [5.41, 5.74) is -0.232. The molecule has 1 aromatic carbocycles. The summed E-state index contributed by atoms with van der Waals surface area (Å²) in [4.78, 5) is 36.3. The number of esters is 1. The number of rotatable bonds is 7. The summed E-state index contributed by atoms with van der Waals surface area (Å²) in [6.07, 6.45) is 6.74. The fraction of sp³-hybridized carbons (Fsp3) is 0.619. The Balaban J connectivity index is 1.30. The highest BCUT2D eigenvalue weighted by molar-refractivity contribution is 8.00. The van der Waals surface area contributed by atoms with E-state index in [2.05, 4.69) is 0 Å². The Labute approximate surface area is 168 Å². The van der Waals surface area contributed by atoms with Crippen molar-refractivity contribution in [2.75, 3.05) is 6.61 Å². The molecule has 4 bridgehead atoms. The molecule has 0 amide bonds. The van der Waals surface area contributed by atoms with Crippen molar-refractivity contribution >= 4 is 29.2 Å². The van der Waals surface area contributed by atoms with Crippen molar-refractivity contribution in [3.63, 3.8) is 0 Å². The summed E-state index contributed by atoms with van der Waals surface area (Å²) >= 11 is 1.27. The summed E-state index contributed by atoms with van der Waals surface area (Å²) < 4.78 is 5.37. The van der Waals surface area contributed by atoms with Crippen LogP contribution in [-0.4, -0.2) is 28.5 Å². The SMILES string of the molecule is C[C@@H](Sc1ccc([N+](=O)[O-])cc1)C(=O)OCC(=O)C12CC3CC(CC(C3)C1)C2. The normalized spacial score (nSPS) is 31.4. The average molecular weight is 404 g/mol. The number of benzene rings is 1. The fourth-order valence-corrected chi connectivity index (χ4v) is 6.62. The molecule has 0 spiro atoms. The van der Waals surface area contributed by atoms with Crippen LogP contribution in [0.5, 0.6) is 0 Å². The Kier molecular flexibility index (Phi) is 5.21. The second-order valence-electron chi connectivity index (χ2n) is 8.74. The summed E-state index contributed by atoms with van der Waals surface area (Å²) in [6, 6.07) is 6.06. The van der Waals surface area contributed by atoms with Gasteiger partial charge >= 0.3 is 5.97 Å². The van der Waals surface area contributed by atoms with Gasteiger partial charge in [0.05, 0.1) is 4.92 Å². The van der Waals surface area contributed by atoms with Gasteiger partial charge in [0.2, 0.25) is 0 Å². The summed E-state index contributed by atoms with van der Waals surface area (Å²) in [7, 11) is 0. The molecule has 0 aliphatic heterocycles. The van der Waals surface area contributed by atoms with Crippen molar-refractivity contribution in [3.8, 4) is 0 Å². The zero-order valence-electron chi connectivity index (χ0n) is 16.0. The standard InChI is InChI=1S/C21H25NO5S/c1-13(28-18-4-2-17(3-5-18)22(25)26)20(24)27-12-19(23)21-9-14-6-15(10-21)8-16(7-14)11-21/h2-5,13-16H,6-12H2,1H3/t13-,14?,15?,16?,21?/m1/s1. The van der Waals surface area contributed by atoms with E-state index in [1.165, 1.54) is 43.2 Å². The minimum atomic E-state index is -0.481. The predicted molar refractivity (Wildman–Crippen MR) is 105 cm³/mol. The molecular formula is C21H25NO5S. The lowest BCUT2D eigenvalue weighted by Crippen LogP contribution is -2.51. The Morgan fingerprint density at radius 1 is 1.14 bits per heavy atom. The third-order valence-corrected chi connectivity index (χ3v) is 7.76. The van der Waals surface area contributed by atoms with E-state index in [4.69, 9.17) is 4.74 Å². The van der Waals surface area contributed by atoms with E-state index in [1.54, 1.807) is 19.1 Å². The number of carbonyl (C=O) groups excluding carboxylic acids is 2. The van der Waals surface area contributed by atoms with Crippen molar-refractivity contribution in [2.24, 2.45) is 23.2 Å². The van der Waals surface area contributed by atoms with Crippen molar-refractivity contribution in [2.45, 2.75) is 55.6 Å². The fourth-order valence-electron chi connectivity index (χ4n) is 5.76. The topological polar surface area (TPSA) is 86.5 Å². The van der Waals surface area contributed by atoms with Gasteiger partial charge in [-0.05, 0) is 75.3 Å². The molecular weight excluding hydrogens is 378 g/mol. The number of nitro benzene ring substituents is 1. The van der Waals surface area contributed by atoms with E-state index in [-0.39, 0.29) is 23.5 Å². The lowest BCUT2D eigenvalue weighted by atomic mass is 9.48. The number of hydrogen-bond acceptors (Lipinski definition) is 6. The average Bonchev–Trinajstić information content (AvgIpc) is 2.65. The van der Waals surface area contributed by atoms with Crippen LogP contribution in [-0.2, 0) is 14.3 Å². The first-order valence-electron chi connectivity index (χ1n) is 9.96. The number of ether oxygens (including phenoxy) is 1. The van der Waals surface area contributed by atoms with Gasteiger partial charge < -0.3 is 4.74 Å². The first-order chi connectivity index (χ1) is 13.3. The molecule has 4 saturated carbocycles. The van der Waals surface area contributed by atoms with E-state index in [1.807, 2.05) is 0 Å². The number of nitro groups is 1. The second kappa shape index (κ2) is 7.50. The Morgan fingerprint density at radius 3 is 2.18 bits per heavy atom. The van der Waals surface area contributed by atoms with Gasteiger partial charge in [-0.2, -0.15) is 0 Å². The number of carbonyl (C=O) groups is 2. The number of nitrogens with zero attached hydrogens (tertiary/aromatic N) is 1. The molecule has 5 rings (SSSR count). The maximum absolute atomic E-state index is 12.9. The molecule has 0 saturated heterocycles. The largest absolute Gasteiger partial charge is 0.457 e. The van der Waals surface area contributed by atoms with E-state index < -0.39 is 16.1 Å². The maximum Gasteiger partial charge on any atom is 0.319 e. The molecule has 1 atom stereocenters. The van der Waals surface area contributed by atoms with Gasteiger partial charge in [-0.3, -0.25) is 19.7 Å². The van der Waals surface area contributed by atoms with Crippen LogP contribution in [0.15, 0.2) is 29.2 Å². The van der Waals surface area contributed by atoms with Gasteiger partial charge in [0.15, 0.2) is 12.4 Å². The molecule has 28 heavy (non-hydrogen) atoms. The van der Waals surface area contributed by atoms with Gasteiger partial charge in [0.25, 0.3) is 5.69 Å². The Hall–Kier alpha value is -1.89. The van der Waals surface area contributed by atoms with Crippen LogP contribution in [0.2, 0.25) is 0 Å². The number of ketones is 1.